The second-order valence-electron chi connectivity index (χ2n) is 11.7. The second kappa shape index (κ2) is 9.08. The zero-order valence-electron chi connectivity index (χ0n) is 21.8. The Bertz CT molecular complexity index is 1320. The van der Waals surface area contributed by atoms with Crippen molar-refractivity contribution in [2.45, 2.75) is 83.5 Å². The van der Waals surface area contributed by atoms with Crippen LogP contribution in [0.4, 0.5) is 5.69 Å². The number of imidazole rings is 1. The van der Waals surface area contributed by atoms with E-state index in [1.165, 1.54) is 13.1 Å². The van der Waals surface area contributed by atoms with E-state index in [1.807, 2.05) is 6.07 Å². The van der Waals surface area contributed by atoms with Crippen LogP contribution in [0.5, 0.6) is 0 Å². The minimum atomic E-state index is -1.60. The number of aromatic amines is 1. The van der Waals surface area contributed by atoms with E-state index in [-0.39, 0.29) is 29.8 Å². The number of nitrogens with zero attached hydrogens (tertiary/aromatic N) is 3. The van der Waals surface area contributed by atoms with Crippen LogP contribution in [0.3, 0.4) is 0 Å². The lowest BCUT2D eigenvalue weighted by Crippen LogP contribution is -2.57. The average molecular weight is 508 g/mol. The van der Waals surface area contributed by atoms with E-state index >= 15 is 0 Å². The molecular formula is C27H33N5O5. The van der Waals surface area contributed by atoms with Gasteiger partial charge in [-0.05, 0) is 63.2 Å². The number of hydrogen-bond donors (Lipinski definition) is 4. The van der Waals surface area contributed by atoms with Crippen LogP contribution in [0.1, 0.15) is 94.4 Å². The Labute approximate surface area is 215 Å². The fraction of sp³-hybridized carbons (Fsp3) is 0.519. The molecule has 37 heavy (non-hydrogen) atoms. The van der Waals surface area contributed by atoms with E-state index in [0.29, 0.717) is 17.1 Å². The molecule has 2 atom stereocenters. The fourth-order valence-corrected chi connectivity index (χ4v) is 5.34. The summed E-state index contributed by atoms with van der Waals surface area (Å²) < 4.78 is 5.86. The van der Waals surface area contributed by atoms with Crippen molar-refractivity contribution in [2.24, 2.45) is 5.41 Å². The molecule has 0 aromatic carbocycles. The number of aliphatic carboxylic acids is 1. The maximum Gasteiger partial charge on any atom is 0.335 e. The minimum absolute atomic E-state index is 0.00707. The highest BCUT2D eigenvalue weighted by Crippen LogP contribution is 2.47. The first-order valence-electron chi connectivity index (χ1n) is 12.3. The number of allylic oxidation sites excluding steroid dienone is 2. The van der Waals surface area contributed by atoms with Gasteiger partial charge in [0.05, 0.1) is 22.7 Å². The second-order valence-corrected chi connectivity index (χ2v) is 11.7. The normalized spacial score (nSPS) is 26.6. The molecule has 3 heterocycles. The number of nitriles is 1. The molecular weight excluding hydrogens is 474 g/mol. The van der Waals surface area contributed by atoms with E-state index in [1.54, 1.807) is 26.0 Å². The summed E-state index contributed by atoms with van der Waals surface area (Å²) >= 11 is 0. The summed E-state index contributed by atoms with van der Waals surface area (Å²) in [5.74, 6) is -1.69. The summed E-state index contributed by atoms with van der Waals surface area (Å²) in [6.07, 6.45) is 5.90. The van der Waals surface area contributed by atoms with Crippen molar-refractivity contribution in [2.75, 3.05) is 5.32 Å². The molecule has 0 unspecified atom stereocenters. The van der Waals surface area contributed by atoms with Crippen molar-refractivity contribution in [1.29, 1.82) is 5.26 Å². The van der Waals surface area contributed by atoms with Gasteiger partial charge in [0, 0.05) is 19.0 Å². The summed E-state index contributed by atoms with van der Waals surface area (Å²) in [5, 5.41) is 33.5. The number of ether oxygens (including phenoxy) is 1. The van der Waals surface area contributed by atoms with Crippen molar-refractivity contribution in [3.05, 3.63) is 47.3 Å². The van der Waals surface area contributed by atoms with Gasteiger partial charge in [-0.3, -0.25) is 4.79 Å². The maximum atomic E-state index is 12.9. The van der Waals surface area contributed by atoms with Crippen LogP contribution >= 0.6 is 0 Å². The van der Waals surface area contributed by atoms with Gasteiger partial charge >= 0.3 is 5.97 Å². The van der Waals surface area contributed by atoms with Crippen molar-refractivity contribution in [3.8, 4) is 6.07 Å². The van der Waals surface area contributed by atoms with E-state index in [2.05, 4.69) is 35.2 Å². The van der Waals surface area contributed by atoms with Crippen LogP contribution in [0.25, 0.3) is 5.57 Å². The first-order chi connectivity index (χ1) is 17.2. The molecule has 2 aromatic heterocycles. The molecule has 1 aliphatic heterocycles. The lowest BCUT2D eigenvalue weighted by molar-refractivity contribution is -0.237. The molecule has 10 nitrogen and oxygen atoms in total. The molecule has 196 valence electrons. The lowest BCUT2D eigenvalue weighted by atomic mass is 9.74. The number of rotatable bonds is 5. The predicted molar refractivity (Wildman–Crippen MR) is 135 cm³/mol. The van der Waals surface area contributed by atoms with Gasteiger partial charge in [-0.1, -0.05) is 19.9 Å². The van der Waals surface area contributed by atoms with Gasteiger partial charge in [-0.15, -0.1) is 0 Å². The number of anilines is 1. The molecule has 0 saturated carbocycles. The van der Waals surface area contributed by atoms with Crippen LogP contribution in [-0.4, -0.2) is 48.2 Å². The minimum Gasteiger partial charge on any atom is -0.479 e. The van der Waals surface area contributed by atoms with E-state index < -0.39 is 28.7 Å². The highest BCUT2D eigenvalue weighted by atomic mass is 16.6. The number of pyridine rings is 1. The van der Waals surface area contributed by atoms with Gasteiger partial charge in [-0.2, -0.15) is 5.26 Å². The van der Waals surface area contributed by atoms with Crippen LogP contribution < -0.4 is 5.32 Å². The molecule has 1 aliphatic carbocycles. The predicted octanol–water partition coefficient (Wildman–Crippen LogP) is 4.14. The van der Waals surface area contributed by atoms with Crippen molar-refractivity contribution < 1.29 is 24.5 Å². The Morgan fingerprint density at radius 3 is 2.49 bits per heavy atom. The topological polar surface area (TPSA) is 161 Å². The zero-order valence-corrected chi connectivity index (χ0v) is 21.8. The number of carboxylic acid groups (broad SMARTS) is 1. The summed E-state index contributed by atoms with van der Waals surface area (Å²) in [6.45, 7) is 9.34. The molecule has 4 rings (SSSR count). The number of carbonyl (C=O) groups excluding carboxylic acids is 1. The van der Waals surface area contributed by atoms with E-state index in [9.17, 15) is 19.8 Å². The van der Waals surface area contributed by atoms with Gasteiger partial charge in [0.1, 0.15) is 11.7 Å². The maximum absolute atomic E-state index is 12.9. The third kappa shape index (κ3) is 5.43. The standard InChI is InChI=1S/C27H33N5O5/c1-24(2)10-8-16(9-11-24)20-18(31-22(33)21-29-13-17(12-28)30-21)6-7-19(32-20)27(36)14-25(3,4)37-26(5,15-27)23(34)35/h6-8,13,36H,9-11,14-15H2,1-5H3,(H,29,30)(H,31,33)(H,34,35)/t26-,27-/m0/s1. The molecule has 1 saturated heterocycles. The Morgan fingerprint density at radius 1 is 1.16 bits per heavy atom. The number of aromatic nitrogens is 3. The Kier molecular flexibility index (Phi) is 6.51. The number of H-pyrrole nitrogens is 1. The van der Waals surface area contributed by atoms with Crippen molar-refractivity contribution in [3.63, 3.8) is 0 Å². The Balaban J connectivity index is 1.76. The van der Waals surface area contributed by atoms with Crippen molar-refractivity contribution >= 4 is 23.1 Å². The summed E-state index contributed by atoms with van der Waals surface area (Å²) in [6, 6.07) is 5.16. The van der Waals surface area contributed by atoms with Crippen LogP contribution in [0, 0.1) is 16.7 Å². The van der Waals surface area contributed by atoms with E-state index in [4.69, 9.17) is 15.0 Å². The molecule has 0 spiro atoms. The van der Waals surface area contributed by atoms with Gasteiger partial charge in [-0.25, -0.2) is 14.8 Å². The third-order valence-electron chi connectivity index (χ3n) is 7.11. The van der Waals surface area contributed by atoms with Gasteiger partial charge in [0.15, 0.2) is 17.1 Å². The van der Waals surface area contributed by atoms with E-state index in [0.717, 1.165) is 24.8 Å². The quantitative estimate of drug-likeness (QED) is 0.469. The number of nitrogens with one attached hydrogen (secondary N) is 2. The van der Waals surface area contributed by atoms with Gasteiger partial charge in [0.2, 0.25) is 0 Å². The Hall–Kier alpha value is -3.55. The van der Waals surface area contributed by atoms with Crippen LogP contribution in [0.15, 0.2) is 24.4 Å². The first-order valence-corrected chi connectivity index (χ1v) is 12.3. The smallest absolute Gasteiger partial charge is 0.335 e. The molecule has 1 fully saturated rings. The molecule has 4 N–H and O–H groups in total. The lowest BCUT2D eigenvalue weighted by Gasteiger charge is -2.48. The number of carboxylic acids is 1. The number of aliphatic hydroxyl groups is 1. The molecule has 10 heteroatoms. The third-order valence-corrected chi connectivity index (χ3v) is 7.11. The van der Waals surface area contributed by atoms with Gasteiger partial charge < -0.3 is 25.3 Å². The highest BCUT2D eigenvalue weighted by Gasteiger charge is 2.54. The van der Waals surface area contributed by atoms with Gasteiger partial charge in [0.25, 0.3) is 5.91 Å². The highest BCUT2D eigenvalue weighted by molar-refractivity contribution is 6.03. The largest absolute Gasteiger partial charge is 0.479 e. The molecule has 2 aromatic rings. The zero-order chi connectivity index (χ0) is 27.2. The van der Waals surface area contributed by atoms with Crippen molar-refractivity contribution in [1.82, 2.24) is 15.0 Å². The summed E-state index contributed by atoms with van der Waals surface area (Å²) in [7, 11) is 0. The first kappa shape index (κ1) is 26.5. The monoisotopic (exact) mass is 507 g/mol. The van der Waals surface area contributed by atoms with Crippen LogP contribution in [-0.2, 0) is 15.1 Å². The number of amides is 1. The van der Waals surface area contributed by atoms with Crippen LogP contribution in [0.2, 0.25) is 0 Å². The molecule has 0 bridgehead atoms. The number of hydrogen-bond acceptors (Lipinski definition) is 7. The summed E-state index contributed by atoms with van der Waals surface area (Å²) in [4.78, 5) is 36.4. The number of carbonyl (C=O) groups is 2. The fourth-order valence-electron chi connectivity index (χ4n) is 5.34. The summed E-state index contributed by atoms with van der Waals surface area (Å²) in [5.41, 5.74) is -1.64. The SMILES string of the molecule is CC1(C)CC=C(c2nc([C@]3(O)CC(C)(C)O[C@](C)(C(=O)O)C3)ccc2NC(=O)c2nc(C#N)c[nH]2)CC1. The average Bonchev–Trinajstić information content (AvgIpc) is 3.27. The molecule has 0 radical (unpaired) electrons. The molecule has 2 aliphatic rings. The Morgan fingerprint density at radius 2 is 1.89 bits per heavy atom. The molecule has 1 amide bonds.